The predicted octanol–water partition coefficient (Wildman–Crippen LogP) is 7.82. The van der Waals surface area contributed by atoms with Crippen LogP contribution in [0.2, 0.25) is 0 Å². The van der Waals surface area contributed by atoms with Crippen molar-refractivity contribution in [3.63, 3.8) is 0 Å². The Bertz CT molecular complexity index is 2660. The van der Waals surface area contributed by atoms with Gasteiger partial charge in [-0.1, -0.05) is 56.7 Å². The van der Waals surface area contributed by atoms with Crippen LogP contribution < -0.4 is 30.2 Å². The van der Waals surface area contributed by atoms with Crippen LogP contribution in [0.1, 0.15) is 111 Å². The van der Waals surface area contributed by atoms with Gasteiger partial charge in [0.1, 0.15) is 35.0 Å². The number of H-pyrrole nitrogens is 1. The maximum atomic E-state index is 11.3. The molecule has 8 N–H and O–H groups in total. The molecule has 4 heterocycles. The monoisotopic (exact) mass is 910 g/mol. The highest BCUT2D eigenvalue weighted by Crippen LogP contribution is 2.58. The van der Waals surface area contributed by atoms with E-state index in [0.29, 0.717) is 75.2 Å². The second-order valence-electron chi connectivity index (χ2n) is 20.3. The molecule has 354 valence electrons. The molecule has 12 nitrogen and oxygen atoms in total. The molecule has 0 saturated heterocycles. The van der Waals surface area contributed by atoms with Crippen LogP contribution in [0.4, 0.5) is 0 Å². The number of phenolic OH excluding ortho intramolecular Hbond substituents is 2. The third-order valence-corrected chi connectivity index (χ3v) is 14.7. The number of aliphatic hydroxyl groups is 2. The van der Waals surface area contributed by atoms with E-state index in [1.807, 2.05) is 37.4 Å². The van der Waals surface area contributed by atoms with Gasteiger partial charge in [-0.05, 0) is 139 Å². The van der Waals surface area contributed by atoms with E-state index in [4.69, 9.17) is 18.9 Å². The normalized spacial score (nSPS) is 24.0. The van der Waals surface area contributed by atoms with Crippen LogP contribution in [-0.4, -0.2) is 88.0 Å². The minimum absolute atomic E-state index is 0.00935. The lowest BCUT2D eigenvalue weighted by Gasteiger charge is -2.49. The molecule has 5 aromatic rings. The fourth-order valence-corrected chi connectivity index (χ4v) is 11.7. The fourth-order valence-electron chi connectivity index (χ4n) is 11.7. The number of aromatic hydroxyl groups is 2. The number of fused-ring (bicyclic) bond motifs is 13. The quantitative estimate of drug-likeness (QED) is 0.0311. The lowest BCUT2D eigenvalue weighted by atomic mass is 9.69. The van der Waals surface area contributed by atoms with E-state index in [1.165, 1.54) is 18.4 Å². The first-order valence-corrected chi connectivity index (χ1v) is 24.5. The lowest BCUT2D eigenvalue weighted by molar-refractivity contribution is -0.143. The molecule has 10 rings (SSSR count). The van der Waals surface area contributed by atoms with E-state index in [2.05, 4.69) is 70.9 Å². The van der Waals surface area contributed by atoms with Gasteiger partial charge in [-0.2, -0.15) is 0 Å². The molecule has 4 aromatic carbocycles. The Morgan fingerprint density at radius 1 is 0.955 bits per heavy atom. The third-order valence-electron chi connectivity index (χ3n) is 14.7. The van der Waals surface area contributed by atoms with Gasteiger partial charge in [-0.25, -0.2) is 0 Å². The highest BCUT2D eigenvalue weighted by molar-refractivity contribution is 5.85. The number of aliphatic hydroxyl groups excluding tert-OH is 1. The summed E-state index contributed by atoms with van der Waals surface area (Å²) in [5.41, 5.74) is 7.10. The Morgan fingerprint density at radius 2 is 1.82 bits per heavy atom. The highest BCUT2D eigenvalue weighted by atomic mass is 16.6. The second-order valence-corrected chi connectivity index (χ2v) is 20.3. The van der Waals surface area contributed by atoms with Crippen LogP contribution in [0.25, 0.3) is 22.0 Å². The molecule has 1 saturated carbocycles. The van der Waals surface area contributed by atoms with Crippen molar-refractivity contribution in [3.05, 3.63) is 100 Å². The molecular weight excluding hydrogens is 845 g/mol. The van der Waals surface area contributed by atoms with Crippen molar-refractivity contribution in [2.75, 3.05) is 33.2 Å². The molecule has 2 aliphatic carbocycles. The maximum absolute atomic E-state index is 11.3. The zero-order valence-electron chi connectivity index (χ0n) is 39.1. The summed E-state index contributed by atoms with van der Waals surface area (Å²) in [5, 5.41) is 56.2. The molecule has 3 aliphatic heterocycles. The number of rotatable bonds is 14. The molecule has 12 heteroatoms. The van der Waals surface area contributed by atoms with Gasteiger partial charge < -0.3 is 49.7 Å². The summed E-state index contributed by atoms with van der Waals surface area (Å²) < 4.78 is 28.1. The van der Waals surface area contributed by atoms with Crippen molar-refractivity contribution >= 4 is 10.9 Å². The Labute approximate surface area is 393 Å². The smallest absolute Gasteiger partial charge is 0.161 e. The molecule has 0 spiro atoms. The highest BCUT2D eigenvalue weighted by Gasteiger charge is 2.54. The number of hydrogen-bond acceptors (Lipinski definition) is 11. The van der Waals surface area contributed by atoms with Crippen LogP contribution in [-0.2, 0) is 30.4 Å². The summed E-state index contributed by atoms with van der Waals surface area (Å²) in [4.78, 5) is 3.33. The summed E-state index contributed by atoms with van der Waals surface area (Å²) in [6, 6.07) is 19.6. The van der Waals surface area contributed by atoms with Gasteiger partial charge in [0.15, 0.2) is 17.6 Å². The first kappa shape index (κ1) is 45.5. The van der Waals surface area contributed by atoms with Gasteiger partial charge in [0.25, 0.3) is 0 Å². The van der Waals surface area contributed by atoms with E-state index >= 15 is 0 Å². The van der Waals surface area contributed by atoms with Crippen molar-refractivity contribution in [2.45, 2.75) is 133 Å². The first-order chi connectivity index (χ1) is 32.5. The molecule has 6 atom stereocenters. The molecule has 0 radical (unpaired) electrons. The zero-order valence-corrected chi connectivity index (χ0v) is 39.1. The van der Waals surface area contributed by atoms with E-state index in [1.54, 1.807) is 12.1 Å². The number of benzene rings is 4. The summed E-state index contributed by atoms with van der Waals surface area (Å²) in [5.74, 6) is 9.45. The van der Waals surface area contributed by atoms with Crippen molar-refractivity contribution in [3.8, 4) is 51.7 Å². The predicted molar refractivity (Wildman–Crippen MR) is 259 cm³/mol. The van der Waals surface area contributed by atoms with Gasteiger partial charge in [-0.15, -0.1) is 0 Å². The van der Waals surface area contributed by atoms with Crippen molar-refractivity contribution in [1.29, 1.82) is 0 Å². The summed E-state index contributed by atoms with van der Waals surface area (Å²) in [7, 11) is 0. The molecule has 1 fully saturated rings. The molecule has 0 amide bonds. The van der Waals surface area contributed by atoms with Gasteiger partial charge >= 0.3 is 0 Å². The molecule has 1 aromatic heterocycles. The second kappa shape index (κ2) is 19.0. The van der Waals surface area contributed by atoms with E-state index in [9.17, 15) is 20.4 Å². The average molecular weight is 911 g/mol. The zero-order chi connectivity index (χ0) is 46.3. The number of aromatic nitrogens is 1. The number of aromatic amines is 1. The number of phenols is 2. The van der Waals surface area contributed by atoms with E-state index in [-0.39, 0.29) is 43.5 Å². The first-order valence-electron chi connectivity index (χ1n) is 24.5. The molecule has 2 bridgehead atoms. The maximum Gasteiger partial charge on any atom is 0.161 e. The number of ether oxygens (including phenoxy) is 4. The van der Waals surface area contributed by atoms with Crippen molar-refractivity contribution in [1.82, 2.24) is 20.9 Å². The van der Waals surface area contributed by atoms with E-state index in [0.717, 1.165) is 74.9 Å². The van der Waals surface area contributed by atoms with E-state index < -0.39 is 23.3 Å². The minimum Gasteiger partial charge on any atom is -0.508 e. The van der Waals surface area contributed by atoms with Gasteiger partial charge in [0.2, 0.25) is 0 Å². The van der Waals surface area contributed by atoms with Crippen LogP contribution in [0.5, 0.6) is 28.7 Å². The summed E-state index contributed by atoms with van der Waals surface area (Å²) >= 11 is 0. The lowest BCUT2D eigenvalue weighted by Crippen LogP contribution is -2.62. The Balaban J connectivity index is 1.15. The Morgan fingerprint density at radius 3 is 2.66 bits per heavy atom. The summed E-state index contributed by atoms with van der Waals surface area (Å²) in [6.07, 6.45) is 9.46. The molecular formula is C55H66N4O8. The third kappa shape index (κ3) is 9.22. The van der Waals surface area contributed by atoms with Gasteiger partial charge in [-0.3, -0.25) is 10.6 Å². The standard InChI is InChI=1S/C55H66N4O8/c1-33(2)27-54(3,63)30-56-31-58-49-10-6-7-21-64-48-25-36(12-18-47(48)62)53-55(49,65-32-59-38-8-4-5-9-38)28-45-44-24-37(23-34-11-17-46-35(22-34)19-20-57-46)43-26-39(61)13-15-41(43)50(44)52-42(51(45)67-53)16-14-40(29-60)66-52/h11-13,15,17-20,22,25-26,33,37-38,40,49,53,56-63H,4-5,7-9,14,16,21,23-24,27-32H2,1-3H3. The number of nitrogens with one attached hydrogen (secondary N) is 4. The number of hydrogen-bond donors (Lipinski definition) is 8. The topological polar surface area (TPSA) is 170 Å². The van der Waals surface area contributed by atoms with Crippen LogP contribution in [0.3, 0.4) is 0 Å². The van der Waals surface area contributed by atoms with Gasteiger partial charge in [0.05, 0.1) is 25.5 Å². The largest absolute Gasteiger partial charge is 0.508 e. The fraction of sp³-hybridized carbons (Fsp3) is 0.491. The minimum atomic E-state index is -1.15. The SMILES string of the molecule is CC(C)CC(C)(O)CNCNC1C#CCCOc2cc(ccc2O)C2Oc3c(c4c(c5c3CCC(CO)O5)-c3ccc(O)cc3C(Cc3ccc5[nH]ccc5c3)C4)CC12OCNC1CCCC1. The Kier molecular flexibility index (Phi) is 12.9. The van der Waals surface area contributed by atoms with Gasteiger partial charge in [0, 0.05) is 60.5 Å². The molecule has 5 aliphatic rings. The average Bonchev–Trinajstić information content (AvgIpc) is 4.01. The van der Waals surface area contributed by atoms with Crippen LogP contribution in [0.15, 0.2) is 66.9 Å². The molecule has 67 heavy (non-hydrogen) atoms. The van der Waals surface area contributed by atoms with Crippen LogP contribution >= 0.6 is 0 Å². The van der Waals surface area contributed by atoms with Crippen molar-refractivity contribution in [2.24, 2.45) is 5.92 Å². The molecule has 6 unspecified atom stereocenters. The summed E-state index contributed by atoms with van der Waals surface area (Å²) in [6.45, 7) is 7.26. The van der Waals surface area contributed by atoms with Crippen molar-refractivity contribution < 1.29 is 39.4 Å². The van der Waals surface area contributed by atoms with Crippen LogP contribution in [0, 0.1) is 17.8 Å². The Hall–Kier alpha value is -5.26.